The molecule has 1 amide bonds. The summed E-state index contributed by atoms with van der Waals surface area (Å²) < 4.78 is 30.3. The van der Waals surface area contributed by atoms with Crippen LogP contribution in [0, 0.1) is 0 Å². The first-order valence-corrected chi connectivity index (χ1v) is 10.4. The van der Waals surface area contributed by atoms with Crippen molar-refractivity contribution in [3.05, 3.63) is 70.7 Å². The molecule has 0 bridgehead atoms. The largest absolute Gasteiger partial charge is 0.481 e. The summed E-state index contributed by atoms with van der Waals surface area (Å²) in [6.45, 7) is 1.51. The number of fused-ring (bicyclic) bond motifs is 1. The van der Waals surface area contributed by atoms with Crippen LogP contribution < -0.4 is 15.0 Å². The summed E-state index contributed by atoms with van der Waals surface area (Å²) in [5.41, 5.74) is 2.12. The summed E-state index contributed by atoms with van der Waals surface area (Å²) in [7, 11) is -4.10. The van der Waals surface area contributed by atoms with Crippen LogP contribution in [0.5, 0.6) is 5.75 Å². The molecule has 0 aliphatic heterocycles. The number of carbonyl (C=O) groups excluding carboxylic acids is 1. The summed E-state index contributed by atoms with van der Waals surface area (Å²) >= 11 is 11.8. The van der Waals surface area contributed by atoms with Crippen LogP contribution >= 0.6 is 23.2 Å². The second-order valence-electron chi connectivity index (χ2n) is 5.92. The van der Waals surface area contributed by atoms with E-state index in [1.54, 1.807) is 12.1 Å². The first kappa shape index (κ1) is 20.4. The fourth-order valence-corrected chi connectivity index (χ4v) is 4.07. The Hall–Kier alpha value is -2.32. The van der Waals surface area contributed by atoms with E-state index in [0.717, 1.165) is 10.8 Å². The zero-order valence-electron chi connectivity index (χ0n) is 14.6. The molecule has 0 aromatic heterocycles. The molecule has 0 heterocycles. The van der Waals surface area contributed by atoms with Crippen molar-refractivity contribution in [3.63, 3.8) is 0 Å². The van der Waals surface area contributed by atoms with E-state index in [0.29, 0.717) is 5.75 Å². The van der Waals surface area contributed by atoms with Gasteiger partial charge in [0.25, 0.3) is 15.9 Å². The molecule has 0 radical (unpaired) electrons. The first-order chi connectivity index (χ1) is 13.3. The predicted octanol–water partition coefficient (Wildman–Crippen LogP) is 3.92. The van der Waals surface area contributed by atoms with Crippen LogP contribution in [0.1, 0.15) is 6.92 Å². The van der Waals surface area contributed by atoms with E-state index in [1.165, 1.54) is 25.1 Å². The number of hydrazine groups is 1. The van der Waals surface area contributed by atoms with Crippen LogP contribution in [0.25, 0.3) is 10.8 Å². The Bertz CT molecular complexity index is 1140. The van der Waals surface area contributed by atoms with Crippen molar-refractivity contribution in [2.24, 2.45) is 0 Å². The molecule has 0 aliphatic rings. The summed E-state index contributed by atoms with van der Waals surface area (Å²) in [6, 6.07) is 17.3. The van der Waals surface area contributed by atoms with Crippen molar-refractivity contribution in [1.29, 1.82) is 0 Å². The number of amides is 1. The fraction of sp³-hybridized carbons (Fsp3) is 0.105. The Morgan fingerprint density at radius 3 is 2.46 bits per heavy atom. The molecule has 6 nitrogen and oxygen atoms in total. The fourth-order valence-electron chi connectivity index (χ4n) is 2.46. The SMILES string of the molecule is CC(Oc1ccc2ccccc2c1)C(=O)NNS(=O)(=O)c1cccc(Cl)c1Cl. The molecular weight excluding hydrogens is 423 g/mol. The van der Waals surface area contributed by atoms with Crippen LogP contribution in [0.3, 0.4) is 0 Å². The van der Waals surface area contributed by atoms with Crippen LogP contribution in [-0.4, -0.2) is 20.4 Å². The van der Waals surface area contributed by atoms with Crippen molar-refractivity contribution in [2.45, 2.75) is 17.9 Å². The molecule has 3 aromatic carbocycles. The number of halogens is 2. The summed E-state index contributed by atoms with van der Waals surface area (Å²) in [5, 5.41) is 1.96. The molecule has 1 atom stereocenters. The first-order valence-electron chi connectivity index (χ1n) is 8.19. The lowest BCUT2D eigenvalue weighted by Crippen LogP contribution is -2.47. The molecular formula is C19H16Cl2N2O4S. The minimum absolute atomic E-state index is 0.0869. The van der Waals surface area contributed by atoms with E-state index in [1.807, 2.05) is 35.2 Å². The topological polar surface area (TPSA) is 84.5 Å². The molecule has 3 rings (SSSR count). The van der Waals surface area contributed by atoms with Gasteiger partial charge in [0.15, 0.2) is 6.10 Å². The Morgan fingerprint density at radius 1 is 1.00 bits per heavy atom. The van der Waals surface area contributed by atoms with E-state index in [4.69, 9.17) is 27.9 Å². The summed E-state index contributed by atoms with van der Waals surface area (Å²) in [6.07, 6.45) is -0.946. The third kappa shape index (κ3) is 4.56. The number of carbonyl (C=O) groups is 1. The third-order valence-corrected chi connectivity index (χ3v) is 6.14. The molecule has 0 aliphatic carbocycles. The highest BCUT2D eigenvalue weighted by atomic mass is 35.5. The standard InChI is InChI=1S/C19H16Cl2N2O4S/c1-12(27-15-10-9-13-5-2-3-6-14(13)11-15)19(24)22-23-28(25,26)17-8-4-7-16(20)18(17)21/h2-12,23H,1H3,(H,22,24). The minimum Gasteiger partial charge on any atom is -0.481 e. The lowest BCUT2D eigenvalue weighted by Gasteiger charge is -2.16. The number of nitrogens with one attached hydrogen (secondary N) is 2. The summed E-state index contributed by atoms with van der Waals surface area (Å²) in [4.78, 5) is 14.0. The number of rotatable bonds is 6. The van der Waals surface area contributed by atoms with Crippen molar-refractivity contribution >= 4 is 49.9 Å². The van der Waals surface area contributed by atoms with Gasteiger partial charge in [-0.2, -0.15) is 0 Å². The van der Waals surface area contributed by atoms with E-state index >= 15 is 0 Å². The van der Waals surface area contributed by atoms with Gasteiger partial charge in [-0.15, -0.1) is 4.83 Å². The van der Waals surface area contributed by atoms with E-state index in [9.17, 15) is 13.2 Å². The Kier molecular flexibility index (Phi) is 6.10. The molecule has 3 aromatic rings. The van der Waals surface area contributed by atoms with Gasteiger partial charge in [0, 0.05) is 0 Å². The van der Waals surface area contributed by atoms with Gasteiger partial charge >= 0.3 is 0 Å². The van der Waals surface area contributed by atoms with Gasteiger partial charge in [-0.05, 0) is 42.0 Å². The van der Waals surface area contributed by atoms with Crippen molar-refractivity contribution in [3.8, 4) is 5.75 Å². The molecule has 28 heavy (non-hydrogen) atoms. The minimum atomic E-state index is -4.10. The second kappa shape index (κ2) is 8.36. The van der Waals surface area contributed by atoms with Gasteiger partial charge in [0.2, 0.25) is 0 Å². The number of hydrogen-bond acceptors (Lipinski definition) is 4. The molecule has 2 N–H and O–H groups in total. The van der Waals surface area contributed by atoms with Gasteiger partial charge < -0.3 is 4.74 Å². The third-order valence-electron chi connectivity index (χ3n) is 3.92. The molecule has 146 valence electrons. The maximum Gasteiger partial charge on any atom is 0.275 e. The zero-order valence-corrected chi connectivity index (χ0v) is 17.0. The van der Waals surface area contributed by atoms with Crippen LogP contribution in [0.4, 0.5) is 0 Å². The van der Waals surface area contributed by atoms with Crippen molar-refractivity contribution in [2.75, 3.05) is 0 Å². The van der Waals surface area contributed by atoms with Crippen molar-refractivity contribution < 1.29 is 17.9 Å². The molecule has 0 fully saturated rings. The number of benzene rings is 3. The van der Waals surface area contributed by atoms with E-state index in [2.05, 4.69) is 5.43 Å². The normalized spacial score (nSPS) is 12.5. The van der Waals surface area contributed by atoms with Gasteiger partial charge in [-0.1, -0.05) is 59.6 Å². The highest BCUT2D eigenvalue weighted by Crippen LogP contribution is 2.28. The van der Waals surface area contributed by atoms with Crippen LogP contribution in [-0.2, 0) is 14.8 Å². The number of sulfonamides is 1. The molecule has 1 unspecified atom stereocenters. The van der Waals surface area contributed by atoms with Crippen molar-refractivity contribution in [1.82, 2.24) is 10.3 Å². The molecule has 9 heteroatoms. The average molecular weight is 439 g/mol. The van der Waals surface area contributed by atoms with Gasteiger partial charge in [-0.3, -0.25) is 10.2 Å². The monoisotopic (exact) mass is 438 g/mol. The highest BCUT2D eigenvalue weighted by molar-refractivity contribution is 7.89. The van der Waals surface area contributed by atoms with Crippen LogP contribution in [0.15, 0.2) is 65.6 Å². The maximum atomic E-state index is 12.3. The Balaban J connectivity index is 1.65. The average Bonchev–Trinajstić information content (AvgIpc) is 2.68. The molecule has 0 spiro atoms. The Morgan fingerprint density at radius 2 is 1.71 bits per heavy atom. The lowest BCUT2D eigenvalue weighted by atomic mass is 10.1. The second-order valence-corrected chi connectivity index (χ2v) is 8.35. The number of ether oxygens (including phenoxy) is 1. The Labute approximate surface area is 172 Å². The predicted molar refractivity (Wildman–Crippen MR) is 109 cm³/mol. The molecule has 0 saturated carbocycles. The van der Waals surface area contributed by atoms with Crippen LogP contribution in [0.2, 0.25) is 10.0 Å². The lowest BCUT2D eigenvalue weighted by molar-refractivity contribution is -0.127. The quantitative estimate of drug-likeness (QED) is 0.571. The summed E-state index contributed by atoms with van der Waals surface area (Å²) in [5.74, 6) is -0.183. The van der Waals surface area contributed by atoms with E-state index in [-0.39, 0.29) is 14.9 Å². The van der Waals surface area contributed by atoms with Gasteiger partial charge in [0.1, 0.15) is 10.6 Å². The van der Waals surface area contributed by atoms with Gasteiger partial charge in [-0.25, -0.2) is 8.42 Å². The highest BCUT2D eigenvalue weighted by Gasteiger charge is 2.22. The maximum absolute atomic E-state index is 12.3. The van der Waals surface area contributed by atoms with Gasteiger partial charge in [0.05, 0.1) is 10.0 Å². The molecule has 0 saturated heterocycles. The zero-order chi connectivity index (χ0) is 20.3. The number of hydrogen-bond donors (Lipinski definition) is 2. The smallest absolute Gasteiger partial charge is 0.275 e. The van der Waals surface area contributed by atoms with E-state index < -0.39 is 22.0 Å².